The molecule has 0 aromatic rings. The van der Waals surface area contributed by atoms with Crippen molar-refractivity contribution >= 4 is 27.2 Å². The Balaban J connectivity index is 2.83. The summed E-state index contributed by atoms with van der Waals surface area (Å²) in [6.07, 6.45) is -3.89. The predicted molar refractivity (Wildman–Crippen MR) is 90.1 cm³/mol. The maximum absolute atomic E-state index is 10.7. The Morgan fingerprint density at radius 2 is 1.88 bits per heavy atom. The van der Waals surface area contributed by atoms with Crippen LogP contribution in [0.5, 0.6) is 0 Å². The van der Waals surface area contributed by atoms with E-state index in [1.54, 1.807) is 0 Å². The van der Waals surface area contributed by atoms with E-state index in [-0.39, 0.29) is 11.5 Å². The summed E-state index contributed by atoms with van der Waals surface area (Å²) in [7, 11) is -4.78. The van der Waals surface area contributed by atoms with Gasteiger partial charge in [-0.15, -0.1) is 0 Å². The van der Waals surface area contributed by atoms with Gasteiger partial charge in [0.15, 0.2) is 0 Å². The van der Waals surface area contributed by atoms with E-state index in [1.807, 2.05) is 13.8 Å². The van der Waals surface area contributed by atoms with Crippen LogP contribution in [0.4, 0.5) is 0 Å². The minimum absolute atomic E-state index is 0.114. The molecular formula is C13H25NO9S2. The van der Waals surface area contributed by atoms with Gasteiger partial charge in [0.25, 0.3) is 0 Å². The average Bonchev–Trinajstić information content (AvgIpc) is 2.51. The molecule has 0 aliphatic carbocycles. The largest absolute Gasteiger partial charge is 0.466 e. The van der Waals surface area contributed by atoms with Crippen LogP contribution >= 0.6 is 11.8 Å². The topological polar surface area (TPSA) is 166 Å². The van der Waals surface area contributed by atoms with Crippen molar-refractivity contribution in [3.05, 3.63) is 0 Å². The second-order valence-electron chi connectivity index (χ2n) is 6.09. The Morgan fingerprint density at radius 3 is 2.40 bits per heavy atom. The second-order valence-corrected chi connectivity index (χ2v) is 8.26. The van der Waals surface area contributed by atoms with E-state index in [1.165, 1.54) is 0 Å². The molecular weight excluding hydrogens is 378 g/mol. The molecule has 0 radical (unpaired) electrons. The van der Waals surface area contributed by atoms with Gasteiger partial charge in [0.1, 0.15) is 34.9 Å². The van der Waals surface area contributed by atoms with Crippen molar-refractivity contribution in [2.75, 3.05) is 6.61 Å². The molecule has 0 bridgehead atoms. The number of rotatable bonds is 8. The molecule has 1 saturated heterocycles. The molecule has 1 heterocycles. The molecule has 10 nitrogen and oxygen atoms in total. The molecule has 5 atom stereocenters. The molecule has 1 rings (SSSR count). The molecule has 1 aliphatic heterocycles. The van der Waals surface area contributed by atoms with Crippen LogP contribution in [0.15, 0.2) is 5.16 Å². The Hall–Kier alpha value is -0.470. The minimum Gasteiger partial charge on any atom is -0.394 e. The highest BCUT2D eigenvalue weighted by Crippen LogP contribution is 2.30. The quantitative estimate of drug-likeness (QED) is 0.154. The van der Waals surface area contributed by atoms with Crippen LogP contribution in [0, 0.1) is 5.92 Å². The number of thioether (sulfide) groups is 1. The maximum atomic E-state index is 10.7. The number of hydrogen-bond donors (Lipinski definition) is 5. The zero-order valence-electron chi connectivity index (χ0n) is 13.9. The Morgan fingerprint density at radius 1 is 1.24 bits per heavy atom. The molecule has 0 aromatic carbocycles. The molecule has 148 valence electrons. The fourth-order valence-corrected chi connectivity index (χ4v) is 3.52. The Kier molecular flexibility index (Phi) is 9.04. The summed E-state index contributed by atoms with van der Waals surface area (Å²) in [4.78, 5) is 0. The Bertz CT molecular complexity index is 538. The van der Waals surface area contributed by atoms with Crippen molar-refractivity contribution in [1.29, 1.82) is 0 Å². The number of oxime groups is 1. The lowest BCUT2D eigenvalue weighted by Crippen LogP contribution is -2.57. The smallest absolute Gasteiger partial charge is 0.394 e. The van der Waals surface area contributed by atoms with Gasteiger partial charge in [0, 0.05) is 0 Å². The normalized spacial score (nSPS) is 31.4. The van der Waals surface area contributed by atoms with Crippen molar-refractivity contribution in [2.45, 2.75) is 63.0 Å². The van der Waals surface area contributed by atoms with Crippen LogP contribution in [0.25, 0.3) is 0 Å². The maximum Gasteiger partial charge on any atom is 0.466 e. The lowest BCUT2D eigenvalue weighted by Gasteiger charge is -2.39. The second kappa shape index (κ2) is 10.0. The molecule has 1 aliphatic rings. The van der Waals surface area contributed by atoms with E-state index in [9.17, 15) is 28.8 Å². The summed E-state index contributed by atoms with van der Waals surface area (Å²) in [5, 5.41) is 42.2. The molecule has 0 aromatic heterocycles. The van der Waals surface area contributed by atoms with E-state index in [0.29, 0.717) is 12.3 Å². The monoisotopic (exact) mass is 403 g/mol. The SMILES string of the molecule is CC(C)CCC/C(=N\OS(=O)(=O)O)SC1OC(CO)C(O)C(O)C1O. The summed E-state index contributed by atoms with van der Waals surface area (Å²) in [5.74, 6) is 0.404. The van der Waals surface area contributed by atoms with E-state index >= 15 is 0 Å². The first kappa shape index (κ1) is 22.6. The van der Waals surface area contributed by atoms with Crippen molar-refractivity contribution in [2.24, 2.45) is 11.1 Å². The molecule has 0 spiro atoms. The van der Waals surface area contributed by atoms with Gasteiger partial charge < -0.3 is 25.2 Å². The highest BCUT2D eigenvalue weighted by molar-refractivity contribution is 8.14. The predicted octanol–water partition coefficient (Wildman–Crippen LogP) is -0.521. The van der Waals surface area contributed by atoms with Crippen LogP contribution < -0.4 is 0 Å². The summed E-state index contributed by atoms with van der Waals surface area (Å²) in [6, 6.07) is 0. The number of aliphatic hydroxyl groups is 4. The number of hydrogen-bond acceptors (Lipinski definition) is 10. The van der Waals surface area contributed by atoms with Crippen molar-refractivity contribution < 1.29 is 42.4 Å². The van der Waals surface area contributed by atoms with Gasteiger partial charge in [-0.3, -0.25) is 4.55 Å². The van der Waals surface area contributed by atoms with Crippen LogP contribution in [0.2, 0.25) is 0 Å². The van der Waals surface area contributed by atoms with Crippen LogP contribution in [-0.4, -0.2) is 74.9 Å². The first-order valence-corrected chi connectivity index (χ1v) is 9.99. The van der Waals surface area contributed by atoms with Gasteiger partial charge in [0.05, 0.1) is 6.61 Å². The molecule has 0 amide bonds. The Labute approximate surface area is 150 Å². The van der Waals surface area contributed by atoms with Gasteiger partial charge in [-0.25, -0.2) is 4.28 Å². The first-order chi connectivity index (χ1) is 11.5. The number of ether oxygens (including phenoxy) is 1. The lowest BCUT2D eigenvalue weighted by atomic mass is 10.0. The third kappa shape index (κ3) is 7.74. The summed E-state index contributed by atoms with van der Waals surface area (Å²) < 4.78 is 39.4. The molecule has 12 heteroatoms. The zero-order chi connectivity index (χ0) is 19.2. The van der Waals surface area contributed by atoms with Gasteiger partial charge in [-0.2, -0.15) is 8.42 Å². The number of nitrogens with zero attached hydrogens (tertiary/aromatic N) is 1. The van der Waals surface area contributed by atoms with E-state index in [4.69, 9.17) is 9.29 Å². The van der Waals surface area contributed by atoms with Crippen molar-refractivity contribution in [3.63, 3.8) is 0 Å². The fourth-order valence-electron chi connectivity index (χ4n) is 2.18. The fraction of sp³-hybridized carbons (Fsp3) is 0.923. The summed E-state index contributed by atoms with van der Waals surface area (Å²) in [6.45, 7) is 3.44. The highest BCUT2D eigenvalue weighted by atomic mass is 32.3. The molecule has 25 heavy (non-hydrogen) atoms. The van der Waals surface area contributed by atoms with E-state index < -0.39 is 46.9 Å². The zero-order valence-corrected chi connectivity index (χ0v) is 15.6. The van der Waals surface area contributed by atoms with Gasteiger partial charge in [-0.1, -0.05) is 37.2 Å². The van der Waals surface area contributed by atoms with E-state index in [0.717, 1.165) is 18.2 Å². The summed E-state index contributed by atoms with van der Waals surface area (Å²) in [5.41, 5.74) is -1.11. The van der Waals surface area contributed by atoms with Crippen LogP contribution in [-0.2, 0) is 19.4 Å². The highest BCUT2D eigenvalue weighted by Gasteiger charge is 2.44. The number of aliphatic hydroxyl groups excluding tert-OH is 4. The van der Waals surface area contributed by atoms with Crippen LogP contribution in [0.3, 0.4) is 0 Å². The van der Waals surface area contributed by atoms with E-state index in [2.05, 4.69) is 9.44 Å². The molecule has 0 saturated carbocycles. The molecule has 5 unspecified atom stereocenters. The average molecular weight is 403 g/mol. The van der Waals surface area contributed by atoms with Gasteiger partial charge in [-0.05, 0) is 18.8 Å². The third-order valence-corrected chi connectivity index (χ3v) is 4.94. The molecule has 1 fully saturated rings. The van der Waals surface area contributed by atoms with Crippen LogP contribution in [0.1, 0.15) is 33.1 Å². The van der Waals surface area contributed by atoms with Crippen molar-refractivity contribution in [3.8, 4) is 0 Å². The van der Waals surface area contributed by atoms with Gasteiger partial charge >= 0.3 is 10.4 Å². The van der Waals surface area contributed by atoms with Crippen molar-refractivity contribution in [1.82, 2.24) is 0 Å². The first-order valence-electron chi connectivity index (χ1n) is 7.75. The lowest BCUT2D eigenvalue weighted by molar-refractivity contribution is -0.205. The third-order valence-electron chi connectivity index (χ3n) is 3.51. The molecule has 5 N–H and O–H groups in total. The van der Waals surface area contributed by atoms with Gasteiger partial charge in [0.2, 0.25) is 0 Å². The minimum atomic E-state index is -4.78. The standard InChI is InChI=1S/C13H25NO9S2/c1-7(2)4-3-5-9(14-23-25(19,20)21)24-13-12(18)11(17)10(16)8(6-15)22-13/h7-8,10-13,15-18H,3-6H2,1-2H3,(H,19,20,21)/b14-9+. The summed E-state index contributed by atoms with van der Waals surface area (Å²) >= 11 is 0.786.